The number of rotatable bonds is 15. The lowest BCUT2D eigenvalue weighted by Crippen LogP contribution is -2.36. The molecule has 1 aliphatic carbocycles. The van der Waals surface area contributed by atoms with E-state index in [4.69, 9.17) is 37.2 Å². The van der Waals surface area contributed by atoms with Crippen LogP contribution in [-0.2, 0) is 32.5 Å². The first kappa shape index (κ1) is 37.9. The molecule has 1 atom stereocenters. The fourth-order valence-electron chi connectivity index (χ4n) is 5.74. The summed E-state index contributed by atoms with van der Waals surface area (Å²) in [6.07, 6.45) is 4.27. The van der Waals surface area contributed by atoms with Gasteiger partial charge in [-0.15, -0.1) is 0 Å². The molecule has 1 fully saturated rings. The normalized spacial score (nSPS) is 14.8. The minimum Gasteiger partial charge on any atom is -0.489 e. The van der Waals surface area contributed by atoms with Crippen LogP contribution in [0.2, 0.25) is 10.0 Å². The summed E-state index contributed by atoms with van der Waals surface area (Å²) in [5.74, 6) is -2.19. The third-order valence-electron chi connectivity index (χ3n) is 8.76. The molecule has 6 rings (SSSR count). The quantitative estimate of drug-likeness (QED) is 0.0959. The SMILES string of the molecule is Cc1noc(C)c1CN(c1ccc2c(c1)C(=O)N(CC(=O)O[C@@H](Cc1c(Cl)cncc1Cl)c1ccc(OC(F)F)c(OCC3CC3)c1)C2=O)S(C)(=O)=O. The van der Waals surface area contributed by atoms with Crippen molar-refractivity contribution in [1.29, 1.82) is 0 Å². The second-order valence-corrected chi connectivity index (χ2v) is 15.3. The van der Waals surface area contributed by atoms with Gasteiger partial charge < -0.3 is 18.7 Å². The molecule has 280 valence electrons. The molecule has 0 unspecified atom stereocenters. The number of anilines is 1. The number of carbonyl (C=O) groups is 3. The number of carbonyl (C=O) groups excluding carboxylic acids is 3. The molecule has 13 nitrogen and oxygen atoms in total. The lowest BCUT2D eigenvalue weighted by atomic mass is 10.0. The molecule has 0 bridgehead atoms. The standard InChI is InChI=1S/C35H32Cl2F2N4O9S/c1-18-26(19(2)52-41-18)15-43(53(3,47)48)22-7-8-23-24(11-22)34(46)42(33(23)45)16-32(44)50-30(12-25-27(36)13-40-14-28(25)37)21-6-9-29(51-35(38)39)31(10-21)49-17-20-4-5-20/h6-11,13-14,20,30,35H,4-5,12,15-17H2,1-3H3/t30-/m0/s1. The Morgan fingerprint density at radius 2 is 1.72 bits per heavy atom. The van der Waals surface area contributed by atoms with Gasteiger partial charge in [0.1, 0.15) is 18.4 Å². The lowest BCUT2D eigenvalue weighted by molar-refractivity contribution is -0.149. The van der Waals surface area contributed by atoms with Crippen molar-refractivity contribution in [2.45, 2.75) is 52.4 Å². The van der Waals surface area contributed by atoms with Crippen molar-refractivity contribution in [3.63, 3.8) is 0 Å². The van der Waals surface area contributed by atoms with Crippen LogP contribution in [0.5, 0.6) is 11.5 Å². The highest BCUT2D eigenvalue weighted by molar-refractivity contribution is 7.92. The van der Waals surface area contributed by atoms with Gasteiger partial charge in [-0.25, -0.2) is 8.42 Å². The van der Waals surface area contributed by atoms with Crippen LogP contribution in [0.4, 0.5) is 14.5 Å². The molecule has 2 aromatic heterocycles. The van der Waals surface area contributed by atoms with Crippen molar-refractivity contribution in [2.24, 2.45) is 5.92 Å². The molecule has 0 spiro atoms. The molecule has 0 radical (unpaired) electrons. The fourth-order valence-corrected chi connectivity index (χ4v) is 7.12. The van der Waals surface area contributed by atoms with Gasteiger partial charge in [0, 0.05) is 24.4 Å². The second-order valence-electron chi connectivity index (χ2n) is 12.6. The number of ether oxygens (including phenoxy) is 3. The molecule has 1 aliphatic heterocycles. The van der Waals surface area contributed by atoms with Gasteiger partial charge in [0.15, 0.2) is 11.5 Å². The molecule has 3 heterocycles. The Morgan fingerprint density at radius 1 is 1.02 bits per heavy atom. The van der Waals surface area contributed by atoms with Crippen molar-refractivity contribution in [3.8, 4) is 11.5 Å². The minimum atomic E-state index is -3.89. The van der Waals surface area contributed by atoms with E-state index in [1.54, 1.807) is 13.8 Å². The third-order valence-corrected chi connectivity index (χ3v) is 10.5. The first-order valence-corrected chi connectivity index (χ1v) is 18.8. The number of benzene rings is 2. The molecule has 0 saturated heterocycles. The van der Waals surface area contributed by atoms with Crippen LogP contribution in [0.15, 0.2) is 53.3 Å². The average molecular weight is 794 g/mol. The van der Waals surface area contributed by atoms with Gasteiger partial charge in [-0.3, -0.25) is 28.6 Å². The van der Waals surface area contributed by atoms with Crippen molar-refractivity contribution >= 4 is 56.7 Å². The zero-order chi connectivity index (χ0) is 38.2. The Kier molecular flexibility index (Phi) is 10.9. The van der Waals surface area contributed by atoms with E-state index in [1.807, 2.05) is 0 Å². The first-order valence-electron chi connectivity index (χ1n) is 16.2. The summed E-state index contributed by atoms with van der Waals surface area (Å²) in [5, 5.41) is 4.19. The van der Waals surface area contributed by atoms with Gasteiger partial charge in [0.2, 0.25) is 10.0 Å². The topological polar surface area (TPSA) is 158 Å². The van der Waals surface area contributed by atoms with Gasteiger partial charge in [0.25, 0.3) is 11.8 Å². The predicted molar refractivity (Wildman–Crippen MR) is 187 cm³/mol. The zero-order valence-corrected chi connectivity index (χ0v) is 30.8. The summed E-state index contributed by atoms with van der Waals surface area (Å²) in [7, 11) is -3.89. The summed E-state index contributed by atoms with van der Waals surface area (Å²) in [6, 6.07) is 8.02. The summed E-state index contributed by atoms with van der Waals surface area (Å²) >= 11 is 12.8. The number of hydrogen-bond donors (Lipinski definition) is 0. The van der Waals surface area contributed by atoms with Gasteiger partial charge in [0.05, 0.1) is 52.0 Å². The van der Waals surface area contributed by atoms with E-state index in [-0.39, 0.29) is 63.8 Å². The monoisotopic (exact) mass is 792 g/mol. The van der Waals surface area contributed by atoms with Crippen LogP contribution in [0.3, 0.4) is 0 Å². The van der Waals surface area contributed by atoms with Crippen molar-refractivity contribution in [1.82, 2.24) is 15.0 Å². The molecule has 0 N–H and O–H groups in total. The Labute approximate surface area is 312 Å². The van der Waals surface area contributed by atoms with Crippen LogP contribution in [0.25, 0.3) is 0 Å². The molecular weight excluding hydrogens is 761 g/mol. The summed E-state index contributed by atoms with van der Waals surface area (Å²) in [5.41, 5.74) is 1.60. The number of amides is 2. The van der Waals surface area contributed by atoms with Crippen LogP contribution in [0.1, 0.15) is 67.8 Å². The Balaban J connectivity index is 1.26. The van der Waals surface area contributed by atoms with E-state index in [0.717, 1.165) is 23.4 Å². The number of sulfonamides is 1. The van der Waals surface area contributed by atoms with E-state index in [0.29, 0.717) is 33.0 Å². The highest BCUT2D eigenvalue weighted by atomic mass is 35.5. The maximum Gasteiger partial charge on any atom is 0.387 e. The number of aryl methyl sites for hydroxylation is 2. The molecule has 2 aromatic carbocycles. The number of pyridine rings is 1. The van der Waals surface area contributed by atoms with Gasteiger partial charge in [-0.1, -0.05) is 34.4 Å². The van der Waals surface area contributed by atoms with Crippen LogP contribution < -0.4 is 13.8 Å². The third kappa shape index (κ3) is 8.55. The molecule has 1 saturated carbocycles. The fraction of sp³-hybridized carbons (Fsp3) is 0.343. The van der Waals surface area contributed by atoms with Crippen LogP contribution in [-0.4, -0.2) is 67.3 Å². The minimum absolute atomic E-state index is 0.00341. The van der Waals surface area contributed by atoms with Crippen molar-refractivity contribution in [2.75, 3.05) is 23.7 Å². The Bertz CT molecular complexity index is 2160. The Morgan fingerprint density at radius 3 is 2.34 bits per heavy atom. The van der Waals surface area contributed by atoms with Gasteiger partial charge in [-0.2, -0.15) is 8.78 Å². The maximum atomic E-state index is 13.6. The van der Waals surface area contributed by atoms with E-state index < -0.39 is 47.1 Å². The van der Waals surface area contributed by atoms with Gasteiger partial charge >= 0.3 is 12.6 Å². The Hall–Kier alpha value is -4.80. The summed E-state index contributed by atoms with van der Waals surface area (Å²) < 4.78 is 74.7. The van der Waals surface area contributed by atoms with E-state index in [9.17, 15) is 31.6 Å². The van der Waals surface area contributed by atoms with E-state index in [2.05, 4.69) is 14.9 Å². The maximum absolute atomic E-state index is 13.6. The average Bonchev–Trinajstić information content (AvgIpc) is 3.83. The number of hydrogen-bond acceptors (Lipinski definition) is 11. The lowest BCUT2D eigenvalue weighted by Gasteiger charge is -2.23. The molecule has 18 heteroatoms. The van der Waals surface area contributed by atoms with Crippen LogP contribution >= 0.6 is 23.2 Å². The largest absolute Gasteiger partial charge is 0.489 e. The van der Waals surface area contributed by atoms with E-state index >= 15 is 0 Å². The number of nitrogens with zero attached hydrogens (tertiary/aromatic N) is 4. The summed E-state index contributed by atoms with van der Waals surface area (Å²) in [6.45, 7) is -0.522. The van der Waals surface area contributed by atoms with Crippen molar-refractivity contribution < 1.29 is 50.3 Å². The number of esters is 1. The first-order chi connectivity index (χ1) is 25.1. The number of alkyl halides is 2. The predicted octanol–water partition coefficient (Wildman–Crippen LogP) is 6.47. The smallest absolute Gasteiger partial charge is 0.387 e. The molecule has 53 heavy (non-hydrogen) atoms. The summed E-state index contributed by atoms with van der Waals surface area (Å²) in [4.78, 5) is 45.2. The number of aromatic nitrogens is 2. The van der Waals surface area contributed by atoms with Crippen molar-refractivity contribution in [3.05, 3.63) is 98.1 Å². The second kappa shape index (κ2) is 15.3. The van der Waals surface area contributed by atoms with E-state index in [1.165, 1.54) is 48.8 Å². The number of fused-ring (bicyclic) bond motifs is 1. The molecular formula is C35H32Cl2F2N4O9S. The number of halogens is 4. The van der Waals surface area contributed by atoms with Crippen LogP contribution in [0, 0.1) is 19.8 Å². The molecule has 4 aromatic rings. The van der Waals surface area contributed by atoms with Gasteiger partial charge in [-0.05, 0) is 74.1 Å². The highest BCUT2D eigenvalue weighted by Crippen LogP contribution is 2.38. The molecule has 2 aliphatic rings. The zero-order valence-electron chi connectivity index (χ0n) is 28.5. The number of imide groups is 1. The molecule has 2 amide bonds. The highest BCUT2D eigenvalue weighted by Gasteiger charge is 2.39.